The van der Waals surface area contributed by atoms with Gasteiger partial charge in [-0.15, -0.1) is 0 Å². The molecule has 2 rings (SSSR count). The number of ether oxygens (including phenoxy) is 2. The Labute approximate surface area is 126 Å². The molecule has 0 unspecified atom stereocenters. The summed E-state index contributed by atoms with van der Waals surface area (Å²) >= 11 is 0. The lowest BCUT2D eigenvalue weighted by molar-refractivity contribution is 0.254. The summed E-state index contributed by atoms with van der Waals surface area (Å²) in [5.74, 6) is 1.80. The van der Waals surface area contributed by atoms with Gasteiger partial charge in [0.2, 0.25) is 0 Å². The van der Waals surface area contributed by atoms with E-state index in [1.807, 2.05) is 24.3 Å². The normalized spacial score (nSPS) is 10.8. The molecule has 0 spiro atoms. The molecule has 0 amide bonds. The van der Waals surface area contributed by atoms with E-state index in [0.29, 0.717) is 6.61 Å². The third-order valence-electron chi connectivity index (χ3n) is 3.41. The highest BCUT2D eigenvalue weighted by Crippen LogP contribution is 2.32. The Morgan fingerprint density at radius 3 is 1.90 bits per heavy atom. The van der Waals surface area contributed by atoms with Gasteiger partial charge in [-0.25, -0.2) is 0 Å². The number of hydrogen-bond acceptors (Lipinski definition) is 3. The smallest absolute Gasteiger partial charge is 0.127 e. The van der Waals surface area contributed by atoms with Crippen LogP contribution in [0.4, 0.5) is 0 Å². The van der Waals surface area contributed by atoms with Crippen molar-refractivity contribution >= 4 is 10.8 Å². The van der Waals surface area contributed by atoms with E-state index in [1.54, 1.807) is 0 Å². The molecule has 114 valence electrons. The molecule has 0 atom stereocenters. The number of aliphatic hydroxyl groups is 1. The number of hydrogen-bond donors (Lipinski definition) is 1. The van der Waals surface area contributed by atoms with E-state index in [9.17, 15) is 0 Å². The van der Waals surface area contributed by atoms with E-state index in [0.717, 1.165) is 54.6 Å². The largest absolute Gasteiger partial charge is 0.493 e. The van der Waals surface area contributed by atoms with Crippen LogP contribution in [0, 0.1) is 0 Å². The van der Waals surface area contributed by atoms with Crippen LogP contribution in [-0.2, 0) is 0 Å². The van der Waals surface area contributed by atoms with E-state index in [1.165, 1.54) is 0 Å². The maximum atomic E-state index is 8.80. The molecule has 0 fully saturated rings. The van der Waals surface area contributed by atoms with Gasteiger partial charge in [0, 0.05) is 17.4 Å². The number of benzene rings is 2. The van der Waals surface area contributed by atoms with Crippen molar-refractivity contribution in [2.45, 2.75) is 32.6 Å². The summed E-state index contributed by atoms with van der Waals surface area (Å²) in [5.41, 5.74) is 0. The summed E-state index contributed by atoms with van der Waals surface area (Å²) in [6, 6.07) is 12.1. The van der Waals surface area contributed by atoms with Crippen LogP contribution in [0.5, 0.6) is 11.5 Å². The van der Waals surface area contributed by atoms with Crippen LogP contribution in [0.25, 0.3) is 10.8 Å². The molecule has 0 aliphatic carbocycles. The third kappa shape index (κ3) is 4.36. The zero-order chi connectivity index (χ0) is 14.9. The average molecular weight is 288 g/mol. The Bertz CT molecular complexity index is 551. The Kier molecular flexibility index (Phi) is 6.35. The van der Waals surface area contributed by atoms with Gasteiger partial charge in [0.05, 0.1) is 13.2 Å². The Balaban J connectivity index is 2.14. The standard InChI is InChI=1S/C18H24O3/c1-2-3-13-20-17-10-6-9-16-15(17)8-7-11-18(16)21-14-5-4-12-19/h6-11,19H,2-5,12-14H2,1H3. The van der Waals surface area contributed by atoms with E-state index in [-0.39, 0.29) is 6.61 Å². The van der Waals surface area contributed by atoms with Gasteiger partial charge < -0.3 is 14.6 Å². The fourth-order valence-corrected chi connectivity index (χ4v) is 2.23. The summed E-state index contributed by atoms with van der Waals surface area (Å²) in [6.45, 7) is 3.75. The Morgan fingerprint density at radius 2 is 1.38 bits per heavy atom. The van der Waals surface area contributed by atoms with E-state index in [4.69, 9.17) is 14.6 Å². The highest BCUT2D eigenvalue weighted by Gasteiger charge is 2.06. The first-order valence-electron chi connectivity index (χ1n) is 7.75. The number of rotatable bonds is 9. The van der Waals surface area contributed by atoms with Gasteiger partial charge in [-0.05, 0) is 31.4 Å². The highest BCUT2D eigenvalue weighted by molar-refractivity contribution is 5.93. The second-order valence-corrected chi connectivity index (χ2v) is 5.09. The van der Waals surface area contributed by atoms with Crippen LogP contribution < -0.4 is 9.47 Å². The highest BCUT2D eigenvalue weighted by atomic mass is 16.5. The quantitative estimate of drug-likeness (QED) is 0.704. The topological polar surface area (TPSA) is 38.7 Å². The molecular weight excluding hydrogens is 264 g/mol. The summed E-state index contributed by atoms with van der Waals surface area (Å²) in [6.07, 6.45) is 3.83. The van der Waals surface area contributed by atoms with Gasteiger partial charge in [-0.3, -0.25) is 0 Å². The molecule has 3 heteroatoms. The first-order valence-corrected chi connectivity index (χ1v) is 7.75. The minimum Gasteiger partial charge on any atom is -0.493 e. The van der Waals surface area contributed by atoms with Crippen molar-refractivity contribution in [3.8, 4) is 11.5 Å². The van der Waals surface area contributed by atoms with Crippen LogP contribution in [0.1, 0.15) is 32.6 Å². The molecule has 0 heterocycles. The summed E-state index contributed by atoms with van der Waals surface area (Å²) in [4.78, 5) is 0. The maximum absolute atomic E-state index is 8.80. The SMILES string of the molecule is CCCCOc1cccc2c(OCCCCO)cccc12. The van der Waals surface area contributed by atoms with Gasteiger partial charge in [0.15, 0.2) is 0 Å². The first kappa shape index (κ1) is 15.6. The lowest BCUT2D eigenvalue weighted by Gasteiger charge is -2.12. The van der Waals surface area contributed by atoms with E-state index >= 15 is 0 Å². The van der Waals surface area contributed by atoms with Crippen LogP contribution >= 0.6 is 0 Å². The zero-order valence-electron chi connectivity index (χ0n) is 12.7. The number of aliphatic hydroxyl groups excluding tert-OH is 1. The van der Waals surface area contributed by atoms with Crippen molar-refractivity contribution in [3.63, 3.8) is 0 Å². The molecule has 0 saturated carbocycles. The van der Waals surface area contributed by atoms with E-state index in [2.05, 4.69) is 19.1 Å². The predicted octanol–water partition coefficient (Wildman–Crippen LogP) is 4.17. The summed E-state index contributed by atoms with van der Waals surface area (Å²) < 4.78 is 11.7. The van der Waals surface area contributed by atoms with Gasteiger partial charge in [0.25, 0.3) is 0 Å². The molecule has 0 radical (unpaired) electrons. The van der Waals surface area contributed by atoms with Gasteiger partial charge in [0.1, 0.15) is 11.5 Å². The fraction of sp³-hybridized carbons (Fsp3) is 0.444. The van der Waals surface area contributed by atoms with Crippen molar-refractivity contribution < 1.29 is 14.6 Å². The molecule has 0 aromatic heterocycles. The van der Waals surface area contributed by atoms with E-state index < -0.39 is 0 Å². The maximum Gasteiger partial charge on any atom is 0.127 e. The fourth-order valence-electron chi connectivity index (χ4n) is 2.23. The van der Waals surface area contributed by atoms with Gasteiger partial charge in [-0.2, -0.15) is 0 Å². The number of fused-ring (bicyclic) bond motifs is 1. The van der Waals surface area contributed by atoms with Crippen molar-refractivity contribution in [2.24, 2.45) is 0 Å². The summed E-state index contributed by atoms with van der Waals surface area (Å²) in [5, 5.41) is 11.0. The van der Waals surface area contributed by atoms with Crippen molar-refractivity contribution in [2.75, 3.05) is 19.8 Å². The van der Waals surface area contributed by atoms with Crippen LogP contribution in [0.3, 0.4) is 0 Å². The molecule has 0 aliphatic heterocycles. The summed E-state index contributed by atoms with van der Waals surface area (Å²) in [7, 11) is 0. The van der Waals surface area contributed by atoms with Gasteiger partial charge >= 0.3 is 0 Å². The molecule has 21 heavy (non-hydrogen) atoms. The molecule has 2 aromatic carbocycles. The van der Waals surface area contributed by atoms with Gasteiger partial charge in [-0.1, -0.05) is 37.6 Å². The monoisotopic (exact) mass is 288 g/mol. The zero-order valence-corrected chi connectivity index (χ0v) is 12.7. The lowest BCUT2D eigenvalue weighted by Crippen LogP contribution is -2.00. The Morgan fingerprint density at radius 1 is 0.810 bits per heavy atom. The van der Waals surface area contributed by atoms with Crippen molar-refractivity contribution in [1.82, 2.24) is 0 Å². The average Bonchev–Trinajstić information content (AvgIpc) is 2.52. The molecule has 1 N–H and O–H groups in total. The molecule has 0 saturated heterocycles. The second-order valence-electron chi connectivity index (χ2n) is 5.09. The second kappa shape index (κ2) is 8.53. The molecule has 0 aliphatic rings. The molecular formula is C18H24O3. The van der Waals surface area contributed by atoms with Crippen LogP contribution in [0.15, 0.2) is 36.4 Å². The minimum atomic E-state index is 0.217. The minimum absolute atomic E-state index is 0.217. The first-order chi connectivity index (χ1) is 10.4. The van der Waals surface area contributed by atoms with Crippen molar-refractivity contribution in [3.05, 3.63) is 36.4 Å². The van der Waals surface area contributed by atoms with Crippen LogP contribution in [0.2, 0.25) is 0 Å². The van der Waals surface area contributed by atoms with Crippen molar-refractivity contribution in [1.29, 1.82) is 0 Å². The molecule has 2 aromatic rings. The third-order valence-corrected chi connectivity index (χ3v) is 3.41. The lowest BCUT2D eigenvalue weighted by atomic mass is 10.1. The molecule has 0 bridgehead atoms. The predicted molar refractivity (Wildman–Crippen MR) is 86.2 cm³/mol. The number of unbranched alkanes of at least 4 members (excludes halogenated alkanes) is 2. The molecule has 3 nitrogen and oxygen atoms in total. The Hall–Kier alpha value is -1.74. The van der Waals surface area contributed by atoms with Crippen LogP contribution in [-0.4, -0.2) is 24.9 Å².